The van der Waals surface area contributed by atoms with Crippen molar-refractivity contribution in [3.05, 3.63) is 66.4 Å². The van der Waals surface area contributed by atoms with Crippen molar-refractivity contribution >= 4 is 22.5 Å². The molecule has 0 aliphatic heterocycles. The van der Waals surface area contributed by atoms with E-state index in [1.54, 1.807) is 20.4 Å². The molecule has 0 bridgehead atoms. The molecule has 1 aromatic heterocycles. The second-order valence-electron chi connectivity index (χ2n) is 8.14. The number of ether oxygens (including phenoxy) is 2. The Morgan fingerprint density at radius 1 is 1.03 bits per heavy atom. The van der Waals surface area contributed by atoms with Crippen LogP contribution in [0.15, 0.2) is 60.9 Å². The molecule has 0 unspecified atom stereocenters. The summed E-state index contributed by atoms with van der Waals surface area (Å²) in [6, 6.07) is 5.55. The van der Waals surface area contributed by atoms with Crippen LogP contribution >= 0.6 is 0 Å². The van der Waals surface area contributed by atoms with Crippen molar-refractivity contribution in [2.75, 3.05) is 14.2 Å². The molecule has 0 amide bonds. The molecular weight excluding hydrogens is 378 g/mol. The fourth-order valence-corrected chi connectivity index (χ4v) is 2.90. The van der Waals surface area contributed by atoms with Gasteiger partial charge in [-0.2, -0.15) is 0 Å². The van der Waals surface area contributed by atoms with Crippen LogP contribution in [0.1, 0.15) is 38.1 Å². The van der Waals surface area contributed by atoms with E-state index in [-0.39, 0.29) is 24.2 Å². The molecule has 3 rings (SSSR count). The number of aromatic nitrogens is 1. The highest BCUT2D eigenvalue weighted by Gasteiger charge is 2.23. The number of nitrogens with zero attached hydrogens (tertiary/aromatic N) is 1. The maximum Gasteiger partial charge on any atom is 0.161 e. The summed E-state index contributed by atoms with van der Waals surface area (Å²) in [5, 5.41) is 0.852. The first kappa shape index (κ1) is 23.4. The number of Topliss-reactive ketones (excluding diaryl/α,β-unsaturated/α-hetero) is 2. The minimum Gasteiger partial charge on any atom is -0.497 e. The third kappa shape index (κ3) is 6.04. The Kier molecular flexibility index (Phi) is 7.95. The molecule has 1 aliphatic rings. The summed E-state index contributed by atoms with van der Waals surface area (Å²) in [6.45, 7) is 7.48. The first-order chi connectivity index (χ1) is 14.2. The van der Waals surface area contributed by atoms with Gasteiger partial charge in [-0.15, -0.1) is 0 Å². The molecule has 0 saturated heterocycles. The first-order valence-electron chi connectivity index (χ1n) is 9.93. The minimum absolute atomic E-state index is 0.00729. The van der Waals surface area contributed by atoms with Gasteiger partial charge >= 0.3 is 0 Å². The average molecular weight is 410 g/mol. The van der Waals surface area contributed by atoms with Gasteiger partial charge < -0.3 is 14.0 Å². The smallest absolute Gasteiger partial charge is 0.161 e. The summed E-state index contributed by atoms with van der Waals surface area (Å²) < 4.78 is 12.1. The monoisotopic (exact) mass is 409 g/mol. The largest absolute Gasteiger partial charge is 0.497 e. The number of hydrogen-bond acceptors (Lipinski definition) is 4. The van der Waals surface area contributed by atoms with Crippen LogP contribution in [0.4, 0.5) is 0 Å². The van der Waals surface area contributed by atoms with Gasteiger partial charge in [0.1, 0.15) is 5.75 Å². The van der Waals surface area contributed by atoms with Gasteiger partial charge in [0, 0.05) is 35.7 Å². The van der Waals surface area contributed by atoms with Crippen LogP contribution in [0.25, 0.3) is 10.9 Å². The Bertz CT molecular complexity index is 970. The lowest BCUT2D eigenvalue weighted by Gasteiger charge is -2.17. The van der Waals surface area contributed by atoms with E-state index in [2.05, 4.69) is 0 Å². The van der Waals surface area contributed by atoms with Crippen molar-refractivity contribution in [2.45, 2.75) is 40.3 Å². The SMILES string of the molecule is COC1C=CC=CC=C1.COc1ccc2c(C(C)=O)cn(CC(=O)C(C)(C)C)c2c1. The number of carbonyl (C=O) groups is 2. The Balaban J connectivity index is 0.000000297. The molecule has 30 heavy (non-hydrogen) atoms. The molecule has 0 radical (unpaired) electrons. The van der Waals surface area contributed by atoms with Crippen LogP contribution < -0.4 is 4.74 Å². The van der Waals surface area contributed by atoms with Crippen molar-refractivity contribution in [2.24, 2.45) is 5.41 Å². The van der Waals surface area contributed by atoms with Gasteiger partial charge in [-0.25, -0.2) is 0 Å². The molecule has 1 heterocycles. The quantitative estimate of drug-likeness (QED) is 0.641. The van der Waals surface area contributed by atoms with Crippen LogP contribution in [-0.2, 0) is 16.1 Å². The van der Waals surface area contributed by atoms with Gasteiger partial charge in [0.2, 0.25) is 0 Å². The van der Waals surface area contributed by atoms with E-state index in [4.69, 9.17) is 9.47 Å². The third-order valence-corrected chi connectivity index (χ3v) is 4.83. The van der Waals surface area contributed by atoms with E-state index in [1.807, 2.05) is 80.0 Å². The van der Waals surface area contributed by atoms with E-state index in [9.17, 15) is 9.59 Å². The van der Waals surface area contributed by atoms with Crippen LogP contribution in [0.2, 0.25) is 0 Å². The topological polar surface area (TPSA) is 57.5 Å². The fourth-order valence-electron chi connectivity index (χ4n) is 2.90. The molecule has 1 aromatic carbocycles. The van der Waals surface area contributed by atoms with Crippen molar-refractivity contribution in [1.29, 1.82) is 0 Å². The second kappa shape index (κ2) is 10.2. The lowest BCUT2D eigenvalue weighted by molar-refractivity contribution is -0.126. The number of rotatable bonds is 5. The molecule has 0 N–H and O–H groups in total. The molecule has 1 aliphatic carbocycles. The molecule has 0 fully saturated rings. The number of allylic oxidation sites excluding steroid dienone is 4. The molecule has 0 atom stereocenters. The Hall–Kier alpha value is -2.92. The van der Waals surface area contributed by atoms with E-state index in [0.717, 1.165) is 10.9 Å². The molecule has 5 nitrogen and oxygen atoms in total. The van der Waals surface area contributed by atoms with Gasteiger partial charge in [0.05, 0.1) is 25.3 Å². The molecule has 0 spiro atoms. The van der Waals surface area contributed by atoms with Crippen LogP contribution in [-0.4, -0.2) is 36.5 Å². The summed E-state index contributed by atoms with van der Waals surface area (Å²) in [7, 11) is 3.30. The summed E-state index contributed by atoms with van der Waals surface area (Å²) in [5.41, 5.74) is 1.07. The van der Waals surface area contributed by atoms with E-state index >= 15 is 0 Å². The van der Waals surface area contributed by atoms with E-state index in [0.29, 0.717) is 11.3 Å². The third-order valence-electron chi connectivity index (χ3n) is 4.83. The molecular formula is C25H31NO4. The molecule has 2 aromatic rings. The van der Waals surface area contributed by atoms with Crippen molar-refractivity contribution in [3.8, 4) is 5.75 Å². The standard InChI is InChI=1S/C17H21NO3.C8H10O/c1-11(19)14-9-18(10-16(20)17(2,3)4)15-8-12(21-5)6-7-13(14)15;1-9-8-6-4-2-3-5-7-8/h6-9H,10H2,1-5H3;2-8H,1H3. The lowest BCUT2D eigenvalue weighted by atomic mass is 9.91. The Morgan fingerprint density at radius 3 is 2.17 bits per heavy atom. The fraction of sp³-hybridized carbons (Fsp3) is 0.360. The predicted octanol–water partition coefficient (Wildman–Crippen LogP) is 5.15. The predicted molar refractivity (Wildman–Crippen MR) is 121 cm³/mol. The lowest BCUT2D eigenvalue weighted by Crippen LogP contribution is -2.24. The zero-order chi connectivity index (χ0) is 22.3. The summed E-state index contributed by atoms with van der Waals surface area (Å²) >= 11 is 0. The average Bonchev–Trinajstić information content (AvgIpc) is 2.88. The van der Waals surface area contributed by atoms with Gasteiger partial charge in [-0.05, 0) is 19.1 Å². The number of benzene rings is 1. The first-order valence-corrected chi connectivity index (χ1v) is 9.93. The molecule has 160 valence electrons. The summed E-state index contributed by atoms with van der Waals surface area (Å²) in [5.74, 6) is 0.824. The summed E-state index contributed by atoms with van der Waals surface area (Å²) in [4.78, 5) is 24.1. The van der Waals surface area contributed by atoms with Crippen LogP contribution in [0, 0.1) is 5.41 Å². The number of ketones is 2. The molecule has 0 saturated carbocycles. The van der Waals surface area contributed by atoms with E-state index in [1.165, 1.54) is 6.92 Å². The van der Waals surface area contributed by atoms with Gasteiger partial charge in [0.15, 0.2) is 11.6 Å². The van der Waals surface area contributed by atoms with Crippen LogP contribution in [0.3, 0.4) is 0 Å². The Labute approximate surface area is 178 Å². The Morgan fingerprint density at radius 2 is 1.67 bits per heavy atom. The number of methoxy groups -OCH3 is 2. The normalized spacial score (nSPS) is 13.7. The number of fused-ring (bicyclic) bond motifs is 1. The summed E-state index contributed by atoms with van der Waals surface area (Å²) in [6.07, 6.45) is 13.8. The maximum atomic E-state index is 12.3. The van der Waals surface area contributed by atoms with Gasteiger partial charge in [-0.1, -0.05) is 57.2 Å². The maximum absolute atomic E-state index is 12.3. The zero-order valence-electron chi connectivity index (χ0n) is 18.6. The number of carbonyl (C=O) groups excluding carboxylic acids is 2. The van der Waals surface area contributed by atoms with Gasteiger partial charge in [-0.3, -0.25) is 9.59 Å². The van der Waals surface area contributed by atoms with Crippen LogP contribution in [0.5, 0.6) is 5.75 Å². The number of hydrogen-bond donors (Lipinski definition) is 0. The van der Waals surface area contributed by atoms with Crippen molar-refractivity contribution in [1.82, 2.24) is 4.57 Å². The van der Waals surface area contributed by atoms with Crippen molar-refractivity contribution < 1.29 is 19.1 Å². The van der Waals surface area contributed by atoms with E-state index < -0.39 is 5.41 Å². The highest BCUT2D eigenvalue weighted by atomic mass is 16.5. The van der Waals surface area contributed by atoms with Crippen molar-refractivity contribution in [3.63, 3.8) is 0 Å². The highest BCUT2D eigenvalue weighted by Crippen LogP contribution is 2.27. The minimum atomic E-state index is -0.411. The highest BCUT2D eigenvalue weighted by molar-refractivity contribution is 6.07. The van der Waals surface area contributed by atoms with Gasteiger partial charge in [0.25, 0.3) is 0 Å². The molecule has 5 heteroatoms. The zero-order valence-corrected chi connectivity index (χ0v) is 18.6. The second-order valence-corrected chi connectivity index (χ2v) is 8.14.